The molecule has 4 nitrogen and oxygen atoms in total. The van der Waals surface area contributed by atoms with Gasteiger partial charge in [0.25, 0.3) is 0 Å². The second-order valence-electron chi connectivity index (χ2n) is 5.88. The molecule has 4 rings (SSSR count). The first-order chi connectivity index (χ1) is 9.60. The number of likely N-dealkylation sites (tertiary alicyclic amines) is 1. The molecular formula is C16H15NO3. The van der Waals surface area contributed by atoms with Gasteiger partial charge in [-0.25, -0.2) is 0 Å². The van der Waals surface area contributed by atoms with Crippen LogP contribution < -0.4 is 0 Å². The molecule has 0 aliphatic carbocycles. The van der Waals surface area contributed by atoms with E-state index in [2.05, 4.69) is 0 Å². The Morgan fingerprint density at radius 1 is 1.20 bits per heavy atom. The smallest absolute Gasteiger partial charge is 0.236 e. The van der Waals surface area contributed by atoms with E-state index in [-0.39, 0.29) is 29.8 Å². The van der Waals surface area contributed by atoms with Crippen LogP contribution in [0, 0.1) is 11.8 Å². The molecule has 1 aromatic rings. The highest BCUT2D eigenvalue weighted by Crippen LogP contribution is 2.51. The van der Waals surface area contributed by atoms with Crippen molar-refractivity contribution < 1.29 is 14.3 Å². The number of rotatable bonds is 2. The molecule has 3 heterocycles. The normalized spacial score (nSPS) is 37.9. The lowest BCUT2D eigenvalue weighted by Crippen LogP contribution is -2.38. The van der Waals surface area contributed by atoms with Gasteiger partial charge in [0.2, 0.25) is 11.8 Å². The summed E-state index contributed by atoms with van der Waals surface area (Å²) in [6.45, 7) is 2.25. The highest BCUT2D eigenvalue weighted by atomic mass is 16.5. The van der Waals surface area contributed by atoms with Crippen LogP contribution in [0.4, 0.5) is 0 Å². The molecule has 4 atom stereocenters. The van der Waals surface area contributed by atoms with Crippen molar-refractivity contribution in [3.8, 4) is 0 Å². The zero-order chi connectivity index (χ0) is 13.9. The van der Waals surface area contributed by atoms with E-state index in [0.29, 0.717) is 6.54 Å². The summed E-state index contributed by atoms with van der Waals surface area (Å²) >= 11 is 0. The molecule has 102 valence electrons. The predicted octanol–water partition coefficient (Wildman–Crippen LogP) is 1.52. The third-order valence-electron chi connectivity index (χ3n) is 4.60. The molecule has 0 N–H and O–H groups in total. The van der Waals surface area contributed by atoms with Crippen LogP contribution in [0.25, 0.3) is 0 Å². The summed E-state index contributed by atoms with van der Waals surface area (Å²) in [7, 11) is 0. The molecule has 2 amide bonds. The van der Waals surface area contributed by atoms with Crippen molar-refractivity contribution in [1.82, 2.24) is 4.90 Å². The van der Waals surface area contributed by atoms with E-state index < -0.39 is 5.60 Å². The monoisotopic (exact) mass is 269 g/mol. The first-order valence-corrected chi connectivity index (χ1v) is 6.86. The van der Waals surface area contributed by atoms with Crippen molar-refractivity contribution in [3.05, 3.63) is 48.0 Å². The Balaban J connectivity index is 1.66. The fourth-order valence-electron chi connectivity index (χ4n) is 3.63. The minimum absolute atomic E-state index is 0.0954. The number of nitrogens with zero attached hydrogens (tertiary/aromatic N) is 1. The third kappa shape index (κ3) is 1.40. The molecule has 4 heteroatoms. The summed E-state index contributed by atoms with van der Waals surface area (Å²) in [6.07, 6.45) is 3.61. The van der Waals surface area contributed by atoms with Crippen LogP contribution >= 0.6 is 0 Å². The quantitative estimate of drug-likeness (QED) is 0.604. The molecule has 0 spiro atoms. The van der Waals surface area contributed by atoms with Gasteiger partial charge in [-0.2, -0.15) is 0 Å². The number of hydrogen-bond acceptors (Lipinski definition) is 3. The molecule has 20 heavy (non-hydrogen) atoms. The number of amides is 2. The maximum Gasteiger partial charge on any atom is 0.236 e. The van der Waals surface area contributed by atoms with Gasteiger partial charge in [-0.1, -0.05) is 42.5 Å². The number of ether oxygens (including phenoxy) is 1. The predicted molar refractivity (Wildman–Crippen MR) is 71.4 cm³/mol. The van der Waals surface area contributed by atoms with Gasteiger partial charge in [-0.15, -0.1) is 0 Å². The van der Waals surface area contributed by atoms with E-state index in [0.717, 1.165) is 5.56 Å². The molecule has 2 fully saturated rings. The van der Waals surface area contributed by atoms with Gasteiger partial charge < -0.3 is 4.74 Å². The Hall–Kier alpha value is -1.94. The number of hydrogen-bond donors (Lipinski definition) is 0. The minimum atomic E-state index is -0.604. The Morgan fingerprint density at radius 2 is 1.95 bits per heavy atom. The zero-order valence-corrected chi connectivity index (χ0v) is 11.2. The maximum atomic E-state index is 12.6. The van der Waals surface area contributed by atoms with E-state index in [1.807, 2.05) is 49.4 Å². The first kappa shape index (κ1) is 11.9. The van der Waals surface area contributed by atoms with Crippen LogP contribution in [-0.2, 0) is 20.9 Å². The van der Waals surface area contributed by atoms with Crippen molar-refractivity contribution in [1.29, 1.82) is 0 Å². The van der Waals surface area contributed by atoms with E-state index in [1.165, 1.54) is 4.90 Å². The van der Waals surface area contributed by atoms with E-state index in [1.54, 1.807) is 0 Å². The van der Waals surface area contributed by atoms with Gasteiger partial charge in [0, 0.05) is 0 Å². The third-order valence-corrected chi connectivity index (χ3v) is 4.60. The minimum Gasteiger partial charge on any atom is -0.362 e. The van der Waals surface area contributed by atoms with Crippen molar-refractivity contribution in [2.45, 2.75) is 25.2 Å². The van der Waals surface area contributed by atoms with Gasteiger partial charge in [0.15, 0.2) is 0 Å². The van der Waals surface area contributed by atoms with Crippen molar-refractivity contribution in [3.63, 3.8) is 0 Å². The Labute approximate surface area is 117 Å². The molecule has 0 aromatic heterocycles. The number of carbonyl (C=O) groups is 2. The van der Waals surface area contributed by atoms with Gasteiger partial charge in [-0.3, -0.25) is 14.5 Å². The SMILES string of the molecule is C[C@@]12C=C[C@H](O1)[C@@H]1C(=O)N(Cc3ccccc3)C(=O)[C@@H]12. The fourth-order valence-corrected chi connectivity index (χ4v) is 3.63. The Morgan fingerprint density at radius 3 is 2.65 bits per heavy atom. The van der Waals surface area contributed by atoms with Crippen molar-refractivity contribution in [2.75, 3.05) is 0 Å². The summed E-state index contributed by atoms with van der Waals surface area (Å²) in [4.78, 5) is 26.5. The topological polar surface area (TPSA) is 46.6 Å². The average Bonchev–Trinajstić information content (AvgIpc) is 3.04. The number of imide groups is 1. The molecule has 0 unspecified atom stereocenters. The standard InChI is InChI=1S/C16H15NO3/c1-16-8-7-11(20-16)12-13(16)15(19)17(14(12)18)9-10-5-3-2-4-6-10/h2-8,11-13H,9H2,1H3/t11-,12-,13+,16-/m0/s1. The fraction of sp³-hybridized carbons (Fsp3) is 0.375. The lowest BCUT2D eigenvalue weighted by molar-refractivity contribution is -0.144. The van der Waals surface area contributed by atoms with Crippen molar-refractivity contribution >= 4 is 11.8 Å². The van der Waals surface area contributed by atoms with E-state index >= 15 is 0 Å². The lowest BCUT2D eigenvalue weighted by Gasteiger charge is -2.24. The van der Waals surface area contributed by atoms with E-state index in [4.69, 9.17) is 4.74 Å². The summed E-state index contributed by atoms with van der Waals surface area (Å²) in [5, 5.41) is 0. The van der Waals surface area contributed by atoms with Crippen LogP contribution in [0.2, 0.25) is 0 Å². The largest absolute Gasteiger partial charge is 0.362 e. The zero-order valence-electron chi connectivity index (χ0n) is 11.2. The van der Waals surface area contributed by atoms with Gasteiger partial charge in [-0.05, 0) is 12.5 Å². The van der Waals surface area contributed by atoms with Crippen LogP contribution in [0.5, 0.6) is 0 Å². The number of benzene rings is 1. The summed E-state index contributed by atoms with van der Waals surface area (Å²) in [5.41, 5.74) is 0.369. The molecule has 0 radical (unpaired) electrons. The van der Waals surface area contributed by atoms with Crippen molar-refractivity contribution in [2.24, 2.45) is 11.8 Å². The van der Waals surface area contributed by atoms with Gasteiger partial charge >= 0.3 is 0 Å². The molecule has 0 saturated carbocycles. The molecule has 3 aliphatic heterocycles. The van der Waals surface area contributed by atoms with Crippen LogP contribution in [0.3, 0.4) is 0 Å². The van der Waals surface area contributed by atoms with Crippen LogP contribution in [0.1, 0.15) is 12.5 Å². The molecule has 1 aromatic carbocycles. The Kier molecular flexibility index (Phi) is 2.25. The maximum absolute atomic E-state index is 12.6. The highest BCUT2D eigenvalue weighted by molar-refractivity contribution is 6.07. The Bertz CT molecular complexity index is 624. The number of fused-ring (bicyclic) bond motifs is 5. The van der Waals surface area contributed by atoms with Gasteiger partial charge in [0.05, 0.1) is 30.1 Å². The lowest BCUT2D eigenvalue weighted by atomic mass is 9.78. The summed E-state index contributed by atoms with van der Waals surface area (Å²) in [5.74, 6) is -0.880. The second-order valence-corrected chi connectivity index (χ2v) is 5.88. The molecule has 3 aliphatic rings. The van der Waals surface area contributed by atoms with Gasteiger partial charge in [0.1, 0.15) is 0 Å². The second kappa shape index (κ2) is 3.79. The van der Waals surface area contributed by atoms with Crippen LogP contribution in [-0.4, -0.2) is 28.4 Å². The molecule has 2 saturated heterocycles. The first-order valence-electron chi connectivity index (χ1n) is 6.86. The van der Waals surface area contributed by atoms with E-state index in [9.17, 15) is 9.59 Å². The summed E-state index contributed by atoms with van der Waals surface area (Å²) in [6, 6.07) is 9.61. The summed E-state index contributed by atoms with van der Waals surface area (Å²) < 4.78 is 5.79. The molecular weight excluding hydrogens is 254 g/mol. The highest BCUT2D eigenvalue weighted by Gasteiger charge is 2.65. The number of carbonyl (C=O) groups excluding carboxylic acids is 2. The average molecular weight is 269 g/mol. The molecule has 2 bridgehead atoms. The van der Waals surface area contributed by atoms with Crippen LogP contribution in [0.15, 0.2) is 42.5 Å².